The van der Waals surface area contributed by atoms with Crippen molar-refractivity contribution >= 4 is 11.4 Å². The number of nitrogens with zero attached hydrogens (tertiary/aromatic N) is 2. The molecular formula is C14H20N3O2. The van der Waals surface area contributed by atoms with E-state index in [4.69, 9.17) is 5.41 Å². The highest BCUT2D eigenvalue weighted by atomic mass is 16.6. The van der Waals surface area contributed by atoms with Gasteiger partial charge < -0.3 is 5.41 Å². The first-order chi connectivity index (χ1) is 8.82. The van der Waals surface area contributed by atoms with E-state index in [1.807, 2.05) is 0 Å². The molecule has 2 unspecified atom stereocenters. The molecule has 1 heterocycles. The van der Waals surface area contributed by atoms with Gasteiger partial charge in [0.2, 0.25) is 0 Å². The van der Waals surface area contributed by atoms with Crippen molar-refractivity contribution in [2.45, 2.75) is 34.1 Å². The number of rotatable bonds is 6. The zero-order valence-corrected chi connectivity index (χ0v) is 11.8. The second-order valence-corrected chi connectivity index (χ2v) is 5.18. The molecule has 0 amide bonds. The van der Waals surface area contributed by atoms with Crippen molar-refractivity contribution in [1.29, 1.82) is 5.41 Å². The average molecular weight is 262 g/mol. The lowest BCUT2D eigenvalue weighted by Gasteiger charge is -2.23. The standard InChI is InChI=1S/C14H20N3O2/c1-9(2)11(4)10(3)7-13(15)14-6-5-12(8-16-14)17(18)19/h5-6,8,10-11,15H,7H2,1-4H3. The Hall–Kier alpha value is -1.78. The fourth-order valence-corrected chi connectivity index (χ4v) is 1.84. The molecule has 2 atom stereocenters. The Bertz CT molecular complexity index is 454. The van der Waals surface area contributed by atoms with Gasteiger partial charge >= 0.3 is 0 Å². The number of pyridine rings is 1. The van der Waals surface area contributed by atoms with Crippen LogP contribution in [0.4, 0.5) is 5.69 Å². The topological polar surface area (TPSA) is 79.9 Å². The molecule has 1 aromatic heterocycles. The Labute approximate surface area is 113 Å². The van der Waals surface area contributed by atoms with E-state index in [2.05, 4.69) is 32.7 Å². The van der Waals surface area contributed by atoms with Crippen LogP contribution in [0.25, 0.3) is 0 Å². The van der Waals surface area contributed by atoms with Gasteiger partial charge in [0.05, 0.1) is 16.3 Å². The smallest absolute Gasteiger partial charge is 0.287 e. The maximum atomic E-state index is 10.5. The predicted octanol–water partition coefficient (Wildman–Crippen LogP) is 3.63. The lowest BCUT2D eigenvalue weighted by Crippen LogP contribution is -2.17. The van der Waals surface area contributed by atoms with Gasteiger partial charge in [-0.2, -0.15) is 0 Å². The van der Waals surface area contributed by atoms with E-state index in [0.29, 0.717) is 29.7 Å². The van der Waals surface area contributed by atoms with E-state index in [0.717, 1.165) is 0 Å². The zero-order valence-electron chi connectivity index (χ0n) is 11.8. The molecule has 103 valence electrons. The Kier molecular flexibility index (Phi) is 5.15. The molecule has 0 aliphatic carbocycles. The minimum Gasteiger partial charge on any atom is -0.303 e. The van der Waals surface area contributed by atoms with Crippen molar-refractivity contribution in [1.82, 2.24) is 4.98 Å². The van der Waals surface area contributed by atoms with Gasteiger partial charge in [0.15, 0.2) is 0 Å². The molecular weight excluding hydrogens is 242 g/mol. The summed E-state index contributed by atoms with van der Waals surface area (Å²) in [7, 11) is 0. The van der Waals surface area contributed by atoms with Crippen LogP contribution in [0.2, 0.25) is 0 Å². The maximum Gasteiger partial charge on any atom is 0.287 e. The van der Waals surface area contributed by atoms with Gasteiger partial charge in [0.25, 0.3) is 5.69 Å². The predicted molar refractivity (Wildman–Crippen MR) is 75.3 cm³/mol. The molecule has 1 N–H and O–H groups in total. The monoisotopic (exact) mass is 262 g/mol. The Morgan fingerprint density at radius 3 is 2.47 bits per heavy atom. The third kappa shape index (κ3) is 4.12. The molecule has 0 fully saturated rings. The fourth-order valence-electron chi connectivity index (χ4n) is 1.84. The summed E-state index contributed by atoms with van der Waals surface area (Å²) < 4.78 is 0. The Balaban J connectivity index is 2.70. The molecule has 5 nitrogen and oxygen atoms in total. The zero-order chi connectivity index (χ0) is 14.6. The summed E-state index contributed by atoms with van der Waals surface area (Å²) in [5, 5.41) is 18.6. The second kappa shape index (κ2) is 6.41. The number of hydrogen-bond donors (Lipinski definition) is 1. The van der Waals surface area contributed by atoms with E-state index >= 15 is 0 Å². The molecule has 1 radical (unpaired) electrons. The van der Waals surface area contributed by atoms with Gasteiger partial charge in [-0.3, -0.25) is 10.1 Å². The molecule has 19 heavy (non-hydrogen) atoms. The first-order valence-electron chi connectivity index (χ1n) is 6.31. The number of aromatic nitrogens is 1. The molecule has 0 aromatic carbocycles. The maximum absolute atomic E-state index is 10.5. The first kappa shape index (κ1) is 15.3. The van der Waals surface area contributed by atoms with E-state index < -0.39 is 4.92 Å². The number of nitro groups is 1. The second-order valence-electron chi connectivity index (χ2n) is 5.18. The van der Waals surface area contributed by atoms with Crippen LogP contribution in [0, 0.1) is 33.3 Å². The molecule has 5 heteroatoms. The van der Waals surface area contributed by atoms with Crippen LogP contribution in [0.15, 0.2) is 18.3 Å². The van der Waals surface area contributed by atoms with Crippen molar-refractivity contribution in [3.05, 3.63) is 40.1 Å². The average Bonchev–Trinajstić information content (AvgIpc) is 2.37. The Morgan fingerprint density at radius 1 is 1.42 bits per heavy atom. The summed E-state index contributed by atoms with van der Waals surface area (Å²) in [5.74, 6) is 2.14. The molecule has 1 aromatic rings. The summed E-state index contributed by atoms with van der Waals surface area (Å²) >= 11 is 0. The molecule has 0 saturated heterocycles. The summed E-state index contributed by atoms with van der Waals surface area (Å²) in [6.45, 7) is 8.44. The normalized spacial score (nSPS) is 14.2. The van der Waals surface area contributed by atoms with Gasteiger partial charge in [0, 0.05) is 6.07 Å². The van der Waals surface area contributed by atoms with Crippen LogP contribution in [-0.4, -0.2) is 15.6 Å². The van der Waals surface area contributed by atoms with Crippen molar-refractivity contribution < 1.29 is 4.92 Å². The van der Waals surface area contributed by atoms with Gasteiger partial charge in [-0.1, -0.05) is 27.7 Å². The summed E-state index contributed by atoms with van der Waals surface area (Å²) in [6.07, 6.45) is 1.83. The molecule has 1 rings (SSSR count). The van der Waals surface area contributed by atoms with Gasteiger partial charge in [-0.15, -0.1) is 0 Å². The quantitative estimate of drug-likeness (QED) is 0.483. The van der Waals surface area contributed by atoms with Crippen LogP contribution in [0.3, 0.4) is 0 Å². The van der Waals surface area contributed by atoms with Crippen LogP contribution in [0.5, 0.6) is 0 Å². The summed E-state index contributed by atoms with van der Waals surface area (Å²) in [6, 6.07) is 2.93. The molecule has 0 bridgehead atoms. The lowest BCUT2D eigenvalue weighted by molar-refractivity contribution is -0.385. The molecule has 0 aliphatic heterocycles. The van der Waals surface area contributed by atoms with Crippen molar-refractivity contribution in [2.24, 2.45) is 11.8 Å². The number of nitrogens with one attached hydrogen (secondary N) is 1. The van der Waals surface area contributed by atoms with Crippen LogP contribution in [-0.2, 0) is 0 Å². The highest BCUT2D eigenvalue weighted by Gasteiger charge is 2.19. The molecule has 0 saturated carbocycles. The first-order valence-corrected chi connectivity index (χ1v) is 6.31. The van der Waals surface area contributed by atoms with Crippen molar-refractivity contribution in [3.8, 4) is 0 Å². The highest BCUT2D eigenvalue weighted by Crippen LogP contribution is 2.25. The van der Waals surface area contributed by atoms with Crippen LogP contribution < -0.4 is 0 Å². The molecule has 0 spiro atoms. The van der Waals surface area contributed by atoms with E-state index in [1.165, 1.54) is 18.2 Å². The largest absolute Gasteiger partial charge is 0.303 e. The van der Waals surface area contributed by atoms with Gasteiger partial charge in [-0.25, -0.2) is 4.98 Å². The third-order valence-electron chi connectivity index (χ3n) is 3.56. The Morgan fingerprint density at radius 2 is 2.05 bits per heavy atom. The van der Waals surface area contributed by atoms with E-state index in [-0.39, 0.29) is 5.69 Å². The van der Waals surface area contributed by atoms with Crippen LogP contribution >= 0.6 is 0 Å². The van der Waals surface area contributed by atoms with E-state index in [9.17, 15) is 10.1 Å². The van der Waals surface area contributed by atoms with Crippen molar-refractivity contribution in [3.63, 3.8) is 0 Å². The lowest BCUT2D eigenvalue weighted by atomic mass is 9.83. The van der Waals surface area contributed by atoms with E-state index in [1.54, 1.807) is 6.07 Å². The molecule has 0 aliphatic rings. The van der Waals surface area contributed by atoms with Gasteiger partial charge in [0.1, 0.15) is 6.20 Å². The van der Waals surface area contributed by atoms with Crippen LogP contribution in [0.1, 0.15) is 39.8 Å². The summed E-state index contributed by atoms with van der Waals surface area (Å²) in [4.78, 5) is 14.0. The minimum absolute atomic E-state index is 0.0456. The van der Waals surface area contributed by atoms with Gasteiger partial charge in [-0.05, 0) is 30.2 Å². The number of hydrogen-bond acceptors (Lipinski definition) is 4. The minimum atomic E-state index is -0.486. The summed E-state index contributed by atoms with van der Waals surface area (Å²) in [5.41, 5.74) is 0.893. The van der Waals surface area contributed by atoms with Crippen molar-refractivity contribution in [2.75, 3.05) is 0 Å². The fraction of sp³-hybridized carbons (Fsp3) is 0.500. The third-order valence-corrected chi connectivity index (χ3v) is 3.56. The SMILES string of the molecule is C[C](C)C(C)C(C)CC(=N)c1ccc([N+](=O)[O-])cn1. The highest BCUT2D eigenvalue weighted by molar-refractivity contribution is 5.96.